The lowest BCUT2D eigenvalue weighted by Crippen LogP contribution is -2.37. The van der Waals surface area contributed by atoms with Crippen LogP contribution in [-0.2, 0) is 23.1 Å². The summed E-state index contributed by atoms with van der Waals surface area (Å²) < 4.78 is 26.7. The third-order valence-electron chi connectivity index (χ3n) is 5.27. The lowest BCUT2D eigenvalue weighted by atomic mass is 10.0. The van der Waals surface area contributed by atoms with E-state index in [-0.39, 0.29) is 11.9 Å². The summed E-state index contributed by atoms with van der Waals surface area (Å²) in [5, 5.41) is 3.02. The normalized spacial score (nSPS) is 14.6. The maximum atomic E-state index is 12.6. The van der Waals surface area contributed by atoms with E-state index in [4.69, 9.17) is 0 Å². The van der Waals surface area contributed by atoms with Crippen LogP contribution in [0.1, 0.15) is 46.4 Å². The molecule has 3 rings (SSSR count). The van der Waals surface area contributed by atoms with Gasteiger partial charge in [0, 0.05) is 26.7 Å². The monoisotopic (exact) mass is 401 g/mol. The molecule has 0 fully saturated rings. The van der Waals surface area contributed by atoms with E-state index in [1.807, 2.05) is 6.92 Å². The Labute approximate surface area is 167 Å². The Morgan fingerprint density at radius 1 is 1.00 bits per heavy atom. The van der Waals surface area contributed by atoms with E-state index in [9.17, 15) is 13.2 Å². The topological polar surface area (TPSA) is 69.7 Å². The predicted octanol–water partition coefficient (Wildman–Crippen LogP) is 2.91. The molecule has 2 aromatic rings. The van der Waals surface area contributed by atoms with Crippen molar-refractivity contribution in [2.75, 3.05) is 25.4 Å². The zero-order chi connectivity index (χ0) is 20.5. The molecule has 1 amide bonds. The Kier molecular flexibility index (Phi) is 5.76. The number of hydrogen-bond donors (Lipinski definition) is 1. The molecule has 0 bridgehead atoms. The van der Waals surface area contributed by atoms with Gasteiger partial charge in [0.25, 0.3) is 5.91 Å². The largest absolute Gasteiger partial charge is 0.346 e. The van der Waals surface area contributed by atoms with Crippen LogP contribution in [0.3, 0.4) is 0 Å². The van der Waals surface area contributed by atoms with Gasteiger partial charge in [-0.05, 0) is 67.1 Å². The molecule has 1 unspecified atom stereocenters. The van der Waals surface area contributed by atoms with Crippen LogP contribution in [0.4, 0.5) is 5.69 Å². The van der Waals surface area contributed by atoms with E-state index in [1.165, 1.54) is 43.0 Å². The number of benzene rings is 2. The zero-order valence-electron chi connectivity index (χ0n) is 16.8. The highest BCUT2D eigenvalue weighted by Crippen LogP contribution is 2.25. The van der Waals surface area contributed by atoms with E-state index in [1.54, 1.807) is 24.3 Å². The number of carbonyl (C=O) groups is 1. The third-order valence-corrected chi connectivity index (χ3v) is 7.10. The summed E-state index contributed by atoms with van der Waals surface area (Å²) in [6.07, 6.45) is 3.44. The molecule has 1 N–H and O–H groups in total. The molecule has 150 valence electrons. The summed E-state index contributed by atoms with van der Waals surface area (Å²) in [7, 11) is 0.890. The van der Waals surface area contributed by atoms with Gasteiger partial charge in [-0.3, -0.25) is 9.10 Å². The first kappa shape index (κ1) is 20.4. The number of nitrogens with one attached hydrogen (secondary N) is 1. The first-order chi connectivity index (χ1) is 13.2. The van der Waals surface area contributed by atoms with Gasteiger partial charge in [-0.2, -0.15) is 12.7 Å². The Morgan fingerprint density at radius 2 is 1.64 bits per heavy atom. The van der Waals surface area contributed by atoms with Crippen LogP contribution in [0, 0.1) is 0 Å². The van der Waals surface area contributed by atoms with Crippen LogP contribution in [-0.4, -0.2) is 39.8 Å². The minimum atomic E-state index is -3.56. The predicted molar refractivity (Wildman–Crippen MR) is 112 cm³/mol. The summed E-state index contributed by atoms with van der Waals surface area (Å²) in [6, 6.07) is 12.9. The highest BCUT2D eigenvalue weighted by atomic mass is 32.2. The first-order valence-electron chi connectivity index (χ1n) is 9.39. The van der Waals surface area contributed by atoms with Crippen molar-refractivity contribution in [1.29, 1.82) is 0 Å². The van der Waals surface area contributed by atoms with Gasteiger partial charge in [-0.1, -0.05) is 18.2 Å². The quantitative estimate of drug-likeness (QED) is 0.809. The second-order valence-corrected chi connectivity index (χ2v) is 9.56. The van der Waals surface area contributed by atoms with E-state index in [0.29, 0.717) is 11.3 Å². The SMILES string of the molecule is CC(NC(=O)c1ccc(N(C)S(=O)(=O)N(C)C)cc1)c1ccc2c(c1)CCC2. The smallest absolute Gasteiger partial charge is 0.303 e. The van der Waals surface area contributed by atoms with Gasteiger partial charge in [0.1, 0.15) is 0 Å². The van der Waals surface area contributed by atoms with Crippen molar-refractivity contribution in [3.8, 4) is 0 Å². The van der Waals surface area contributed by atoms with Crippen molar-refractivity contribution < 1.29 is 13.2 Å². The van der Waals surface area contributed by atoms with Crippen LogP contribution in [0.25, 0.3) is 0 Å². The fourth-order valence-electron chi connectivity index (χ4n) is 3.43. The minimum absolute atomic E-state index is 0.102. The Balaban J connectivity index is 1.69. The van der Waals surface area contributed by atoms with Crippen LogP contribution < -0.4 is 9.62 Å². The fraction of sp³-hybridized carbons (Fsp3) is 0.381. The van der Waals surface area contributed by atoms with Gasteiger partial charge >= 0.3 is 10.2 Å². The molecule has 0 heterocycles. The molecular formula is C21H27N3O3S. The molecular weight excluding hydrogens is 374 g/mol. The van der Waals surface area contributed by atoms with Gasteiger partial charge in [0.15, 0.2) is 0 Å². The van der Waals surface area contributed by atoms with Crippen LogP contribution >= 0.6 is 0 Å². The van der Waals surface area contributed by atoms with Gasteiger partial charge in [-0.15, -0.1) is 0 Å². The number of anilines is 1. The third kappa shape index (κ3) is 4.05. The summed E-state index contributed by atoms with van der Waals surface area (Å²) in [4.78, 5) is 12.6. The number of fused-ring (bicyclic) bond motifs is 1. The van der Waals surface area contributed by atoms with Gasteiger partial charge in [0.2, 0.25) is 0 Å². The lowest BCUT2D eigenvalue weighted by Gasteiger charge is -2.23. The van der Waals surface area contributed by atoms with Crippen molar-refractivity contribution in [2.24, 2.45) is 0 Å². The summed E-state index contributed by atoms with van der Waals surface area (Å²) in [5.74, 6) is -0.183. The molecule has 0 spiro atoms. The minimum Gasteiger partial charge on any atom is -0.346 e. The van der Waals surface area contributed by atoms with Gasteiger partial charge in [0.05, 0.1) is 11.7 Å². The number of amides is 1. The van der Waals surface area contributed by atoms with E-state index in [0.717, 1.165) is 22.7 Å². The lowest BCUT2D eigenvalue weighted by molar-refractivity contribution is 0.0940. The van der Waals surface area contributed by atoms with Crippen molar-refractivity contribution >= 4 is 21.8 Å². The molecule has 0 saturated carbocycles. The Hall–Kier alpha value is -2.38. The molecule has 0 saturated heterocycles. The van der Waals surface area contributed by atoms with Gasteiger partial charge in [-0.25, -0.2) is 0 Å². The molecule has 1 aliphatic rings. The van der Waals surface area contributed by atoms with Crippen molar-refractivity contribution in [1.82, 2.24) is 9.62 Å². The van der Waals surface area contributed by atoms with Crippen molar-refractivity contribution in [2.45, 2.75) is 32.2 Å². The highest BCUT2D eigenvalue weighted by Gasteiger charge is 2.21. The number of rotatable bonds is 6. The maximum absolute atomic E-state index is 12.6. The van der Waals surface area contributed by atoms with Crippen LogP contribution in [0.5, 0.6) is 0 Å². The molecule has 7 heteroatoms. The van der Waals surface area contributed by atoms with Crippen LogP contribution in [0.15, 0.2) is 42.5 Å². The molecule has 1 atom stereocenters. The second-order valence-electron chi connectivity index (χ2n) is 7.38. The second kappa shape index (κ2) is 7.93. The number of nitrogens with zero attached hydrogens (tertiary/aromatic N) is 2. The van der Waals surface area contributed by atoms with Crippen molar-refractivity contribution in [3.05, 3.63) is 64.7 Å². The number of carbonyl (C=O) groups excluding carboxylic acids is 1. The number of hydrogen-bond acceptors (Lipinski definition) is 3. The molecule has 2 aromatic carbocycles. The summed E-state index contributed by atoms with van der Waals surface area (Å²) in [6.45, 7) is 1.97. The fourth-order valence-corrected chi connectivity index (χ4v) is 4.30. The highest BCUT2D eigenvalue weighted by molar-refractivity contribution is 7.90. The average molecular weight is 402 g/mol. The molecule has 0 aromatic heterocycles. The van der Waals surface area contributed by atoms with E-state index in [2.05, 4.69) is 23.5 Å². The molecule has 0 aliphatic heterocycles. The molecule has 0 radical (unpaired) electrons. The van der Waals surface area contributed by atoms with Crippen molar-refractivity contribution in [3.63, 3.8) is 0 Å². The Bertz CT molecular complexity index is 969. The molecule has 28 heavy (non-hydrogen) atoms. The van der Waals surface area contributed by atoms with Crippen LogP contribution in [0.2, 0.25) is 0 Å². The van der Waals surface area contributed by atoms with Gasteiger partial charge < -0.3 is 5.32 Å². The standard InChI is InChI=1S/C21H27N3O3S/c1-15(18-9-8-16-6-5-7-19(16)14-18)22-21(25)17-10-12-20(13-11-17)24(4)28(26,27)23(2)3/h8-15H,5-7H2,1-4H3,(H,22,25). The first-order valence-corrected chi connectivity index (χ1v) is 10.8. The molecule has 6 nitrogen and oxygen atoms in total. The zero-order valence-corrected chi connectivity index (χ0v) is 17.6. The molecule has 1 aliphatic carbocycles. The van der Waals surface area contributed by atoms with E-state index >= 15 is 0 Å². The van der Waals surface area contributed by atoms with E-state index < -0.39 is 10.2 Å². The average Bonchev–Trinajstić information content (AvgIpc) is 3.15. The number of aryl methyl sites for hydroxylation is 2. The Morgan fingerprint density at radius 3 is 2.29 bits per heavy atom. The summed E-state index contributed by atoms with van der Waals surface area (Å²) >= 11 is 0. The maximum Gasteiger partial charge on any atom is 0.303 e. The summed E-state index contributed by atoms with van der Waals surface area (Å²) in [5.41, 5.74) is 4.88.